The molecule has 0 aliphatic heterocycles. The first-order valence-corrected chi connectivity index (χ1v) is 36.8. The van der Waals surface area contributed by atoms with Crippen molar-refractivity contribution in [2.45, 2.75) is 156 Å². The molecule has 0 bridgehead atoms. The van der Waals surface area contributed by atoms with E-state index >= 15 is 0 Å². The monoisotopic (exact) mass is 1240 g/mol. The van der Waals surface area contributed by atoms with Gasteiger partial charge in [0.15, 0.2) is 0 Å². The van der Waals surface area contributed by atoms with Crippen molar-refractivity contribution in [3.63, 3.8) is 0 Å². The van der Waals surface area contributed by atoms with Gasteiger partial charge >= 0.3 is 54.0 Å². The van der Waals surface area contributed by atoms with Crippen LogP contribution in [0, 0.1) is 14.9 Å². The van der Waals surface area contributed by atoms with Crippen molar-refractivity contribution >= 4 is 88.5 Å². The van der Waals surface area contributed by atoms with Crippen molar-refractivity contribution in [1.82, 2.24) is 10.6 Å². The number of benzene rings is 3. The normalized spacial score (nSPS) is 10.7. The van der Waals surface area contributed by atoms with Crippen molar-refractivity contribution in [2.24, 2.45) is 0 Å². The minimum absolute atomic E-state index is 0. The van der Waals surface area contributed by atoms with Crippen molar-refractivity contribution < 1.29 is 44.2 Å². The van der Waals surface area contributed by atoms with E-state index in [1.165, 1.54) is 66.7 Å². The Hall–Kier alpha value is 0.897. The molecule has 13 heteroatoms. The van der Waals surface area contributed by atoms with E-state index in [4.69, 9.17) is 9.59 Å². The van der Waals surface area contributed by atoms with Crippen LogP contribution in [0.25, 0.3) is 0 Å². The molecule has 0 amide bonds. The molecule has 0 saturated heterocycles. The van der Waals surface area contributed by atoms with Gasteiger partial charge in [0.2, 0.25) is 0 Å². The van der Waals surface area contributed by atoms with Crippen molar-refractivity contribution in [1.29, 1.82) is 0 Å². The Morgan fingerprint density at radius 3 is 0.851 bits per heavy atom. The summed E-state index contributed by atoms with van der Waals surface area (Å²) in [6.07, 6.45) is 5.66. The van der Waals surface area contributed by atoms with E-state index in [0.717, 1.165) is 45.3 Å². The zero-order chi connectivity index (χ0) is 50.9. The van der Waals surface area contributed by atoms with Crippen molar-refractivity contribution in [3.8, 4) is 0 Å². The van der Waals surface area contributed by atoms with Gasteiger partial charge in [-0.2, -0.15) is 0 Å². The van der Waals surface area contributed by atoms with E-state index in [9.17, 15) is 0 Å². The second kappa shape index (κ2) is 53.2. The zero-order valence-electron chi connectivity index (χ0n) is 45.3. The van der Waals surface area contributed by atoms with Gasteiger partial charge in [-0.15, -0.1) is 15.8 Å². The minimum atomic E-state index is -0.877. The Balaban J connectivity index is -0.000000190. The van der Waals surface area contributed by atoms with Gasteiger partial charge in [0.25, 0.3) is 0 Å². The smallest absolute Gasteiger partial charge is 0.0620 e. The van der Waals surface area contributed by atoms with Crippen LogP contribution in [0.15, 0.2) is 91.0 Å². The van der Waals surface area contributed by atoms with Gasteiger partial charge in [-0.05, 0) is 140 Å². The second-order valence-electron chi connectivity index (χ2n) is 18.1. The Labute approximate surface area is 452 Å². The third-order valence-electron chi connectivity index (χ3n) is 11.1. The number of nitrogens with one attached hydrogen (secondary N) is 2. The maximum absolute atomic E-state index is 7.75. The minimum Gasteiger partial charge on any atom is -0.0620 e. The van der Waals surface area contributed by atoms with Crippen LogP contribution >= 0.6 is 59.0 Å². The first-order chi connectivity index (χ1) is 31.0. The summed E-state index contributed by atoms with van der Waals surface area (Å²) in [6, 6.07) is 32.5. The molecule has 0 unspecified atom stereocenters. The second-order valence-corrected chi connectivity index (χ2v) is 35.6. The Kier molecular flexibility index (Phi) is 63.0. The molecule has 0 fully saturated rings. The topological polar surface area (TPSA) is 58.2 Å². The molecule has 3 rings (SSSR count). The Bertz CT molecular complexity index is 1200. The number of rotatable bonds is 23. The van der Waals surface area contributed by atoms with Crippen LogP contribution in [0.2, 0.25) is 0 Å². The number of hydrogen-bond acceptors (Lipinski definition) is 4. The molecule has 0 atom stereocenters. The van der Waals surface area contributed by atoms with E-state index in [1.807, 2.05) is 0 Å². The summed E-state index contributed by atoms with van der Waals surface area (Å²) in [5.41, 5.74) is 7.16. The van der Waals surface area contributed by atoms with Gasteiger partial charge in [-0.3, -0.25) is 13.6 Å². The molecule has 0 spiro atoms. The quantitative estimate of drug-likeness (QED) is 0.0327. The van der Waals surface area contributed by atoms with Crippen LogP contribution < -0.4 is 26.5 Å². The fourth-order valence-electron chi connectivity index (χ4n) is 8.16. The van der Waals surface area contributed by atoms with Gasteiger partial charge < -0.3 is 35.1 Å². The summed E-state index contributed by atoms with van der Waals surface area (Å²) < 4.78 is 0. The van der Waals surface area contributed by atoms with E-state index in [0.29, 0.717) is 0 Å². The molecular weight excluding hydrogens is 1140 g/mol. The van der Waals surface area contributed by atoms with E-state index in [2.05, 4.69) is 245 Å². The predicted molar refractivity (Wildman–Crippen MR) is 324 cm³/mol. The summed E-state index contributed by atoms with van der Waals surface area (Å²) >= 11 is 3.24. The molecule has 394 valence electrons. The molecule has 67 heavy (non-hydrogen) atoms. The Morgan fingerprint density at radius 1 is 0.448 bits per heavy atom. The SMILES string of the molecule is CC(C)P(CCNCCP(C(C)C)C(C)C)C(C)C.CC(C)[PH+](CCNCC[PH+](C(C)C)C(C)C)C(C)C.[CH-]=O.[CH-]=O.[CH3-].[CH3-].[Cl][RuH+2].[Cl][RuH].c1ccc([PH+](c2ccccc2)c2ccccc2)cc1. The fourth-order valence-corrected chi connectivity index (χ4v) is 21.9. The van der Waals surface area contributed by atoms with Gasteiger partial charge in [-0.25, -0.2) is 0 Å². The molecule has 4 nitrogen and oxygen atoms in total. The molecule has 3 aromatic rings. The van der Waals surface area contributed by atoms with Gasteiger partial charge in [0.1, 0.15) is 15.9 Å². The van der Waals surface area contributed by atoms with Crippen LogP contribution in [0.5, 0.6) is 0 Å². The first kappa shape index (κ1) is 79.3. The average molecular weight is 1240 g/mol. The predicted octanol–water partition coefficient (Wildman–Crippen LogP) is 14.2. The van der Waals surface area contributed by atoms with E-state index in [1.54, 1.807) is 34.6 Å². The molecule has 3 aromatic carbocycles. The Morgan fingerprint density at radius 2 is 0.657 bits per heavy atom. The van der Waals surface area contributed by atoms with E-state index in [-0.39, 0.29) is 46.5 Å². The van der Waals surface area contributed by atoms with Crippen LogP contribution in [-0.2, 0) is 44.2 Å². The van der Waals surface area contributed by atoms with E-state index < -0.39 is 7.92 Å². The van der Waals surface area contributed by atoms with Gasteiger partial charge in [-0.1, -0.05) is 110 Å². The largest absolute Gasteiger partial charge is 0.102 e. The third kappa shape index (κ3) is 39.1. The summed E-state index contributed by atoms with van der Waals surface area (Å²) in [4.78, 5) is 15.5. The summed E-state index contributed by atoms with van der Waals surface area (Å²) in [5, 5.41) is 11.7. The molecular formula is C54H102Cl2N2O2P5Ru2+. The van der Waals surface area contributed by atoms with Crippen LogP contribution in [0.1, 0.15) is 111 Å². The standard InChI is InChI=1S/C18H15P.2C16H37NP2.2CHO.2CH3.2ClH.2Ru.2H/c1-4-10-16(11-5-1)19(17-12-6-2-7-13-17)18-14-8-3-9-15-18;2*1-13(2)18(14(3)4)11-9-17-10-12-19(15(5)6)16(7)8;2*1-2;;;;;;;;/h1-15H;2*13-17H,9-12H2,1-8H3;2*1H;2*1H3;2*1H;;;;/q;;;4*-1;;;+1;+3;;/p+1. The van der Waals surface area contributed by atoms with Crippen LogP contribution in [-0.4, -0.2) is 110 Å². The molecule has 0 aliphatic rings. The summed E-state index contributed by atoms with van der Waals surface area (Å²) in [6.45, 7) is 49.8. The molecule has 0 aromatic heterocycles. The molecule has 0 aliphatic carbocycles. The zero-order valence-corrected chi connectivity index (χ0v) is 55.3. The first-order valence-electron chi connectivity index (χ1n) is 23.4. The maximum Gasteiger partial charge on any atom is 0.102 e. The molecule has 2 N–H and O–H groups in total. The fraction of sp³-hybridized carbons (Fsp3) is 0.593. The van der Waals surface area contributed by atoms with Crippen molar-refractivity contribution in [2.75, 3.05) is 50.8 Å². The number of halogens is 2. The van der Waals surface area contributed by atoms with Crippen LogP contribution in [0.4, 0.5) is 0 Å². The van der Waals surface area contributed by atoms with Gasteiger partial charge in [0.05, 0.1) is 42.9 Å². The van der Waals surface area contributed by atoms with Crippen molar-refractivity contribution in [3.05, 3.63) is 106 Å². The number of hydrogen-bond donors (Lipinski definition) is 2. The third-order valence-corrected chi connectivity index (χ3v) is 28.2. The average Bonchev–Trinajstić information content (AvgIpc) is 3.29. The summed E-state index contributed by atoms with van der Waals surface area (Å²) in [7, 11) is 8.42. The van der Waals surface area contributed by atoms with Crippen LogP contribution in [0.3, 0.4) is 0 Å². The maximum atomic E-state index is 7.75. The molecule has 0 radical (unpaired) electrons. The van der Waals surface area contributed by atoms with Gasteiger partial charge in [0, 0.05) is 28.9 Å². The number of carbonyl (C=O) groups excluding carboxylic acids is 2. The molecule has 0 heterocycles. The summed E-state index contributed by atoms with van der Waals surface area (Å²) in [5.74, 6) is 0. The molecule has 0 saturated carbocycles.